The molecule has 102 valence electrons. The van der Waals surface area contributed by atoms with Crippen molar-refractivity contribution in [3.63, 3.8) is 0 Å². The molecule has 1 saturated heterocycles. The standard InChI is InChI=1S/C16H23N3/c1-16(13-17,18-2)9-11-19-10-8-15(12-19)14-6-4-3-5-7-14/h3-7,15,18H,8-12H2,1-2H3. The second-order valence-electron chi connectivity index (χ2n) is 5.64. The fourth-order valence-corrected chi connectivity index (χ4v) is 2.65. The van der Waals surface area contributed by atoms with Crippen molar-refractivity contribution in [2.75, 3.05) is 26.7 Å². The van der Waals surface area contributed by atoms with Crippen LogP contribution in [-0.4, -0.2) is 37.1 Å². The monoisotopic (exact) mass is 257 g/mol. The van der Waals surface area contributed by atoms with Crippen LogP contribution < -0.4 is 5.32 Å². The molecule has 0 amide bonds. The molecule has 0 radical (unpaired) electrons. The van der Waals surface area contributed by atoms with Crippen molar-refractivity contribution in [1.29, 1.82) is 5.26 Å². The highest BCUT2D eigenvalue weighted by atomic mass is 15.1. The molecule has 1 fully saturated rings. The van der Waals surface area contributed by atoms with Gasteiger partial charge in [-0.3, -0.25) is 0 Å². The number of benzene rings is 1. The number of hydrogen-bond donors (Lipinski definition) is 1. The second kappa shape index (κ2) is 6.18. The first-order chi connectivity index (χ1) is 9.17. The fraction of sp³-hybridized carbons (Fsp3) is 0.562. The van der Waals surface area contributed by atoms with Gasteiger partial charge >= 0.3 is 0 Å². The second-order valence-corrected chi connectivity index (χ2v) is 5.64. The van der Waals surface area contributed by atoms with Crippen LogP contribution in [0, 0.1) is 11.3 Å². The highest BCUT2D eigenvalue weighted by Crippen LogP contribution is 2.27. The summed E-state index contributed by atoms with van der Waals surface area (Å²) in [5.41, 5.74) is 1.05. The van der Waals surface area contributed by atoms with Crippen LogP contribution in [0.5, 0.6) is 0 Å². The van der Waals surface area contributed by atoms with E-state index < -0.39 is 5.54 Å². The van der Waals surface area contributed by atoms with Gasteiger partial charge in [0.2, 0.25) is 0 Å². The van der Waals surface area contributed by atoms with E-state index in [1.807, 2.05) is 14.0 Å². The lowest BCUT2D eigenvalue weighted by Gasteiger charge is -2.24. The zero-order valence-corrected chi connectivity index (χ0v) is 11.9. The summed E-state index contributed by atoms with van der Waals surface area (Å²) < 4.78 is 0. The smallest absolute Gasteiger partial charge is 0.104 e. The van der Waals surface area contributed by atoms with E-state index in [9.17, 15) is 0 Å². The molecule has 1 aromatic carbocycles. The highest BCUT2D eigenvalue weighted by molar-refractivity contribution is 5.21. The van der Waals surface area contributed by atoms with Gasteiger partial charge in [0, 0.05) is 13.1 Å². The Morgan fingerprint density at radius 2 is 2.16 bits per heavy atom. The molecule has 1 aromatic rings. The van der Waals surface area contributed by atoms with Crippen molar-refractivity contribution in [3.05, 3.63) is 35.9 Å². The number of nitriles is 1. The Morgan fingerprint density at radius 1 is 1.42 bits per heavy atom. The number of hydrogen-bond acceptors (Lipinski definition) is 3. The number of likely N-dealkylation sites (tertiary alicyclic amines) is 1. The molecule has 0 saturated carbocycles. The van der Waals surface area contributed by atoms with Gasteiger partial charge in [-0.2, -0.15) is 5.26 Å². The maximum absolute atomic E-state index is 9.16. The highest BCUT2D eigenvalue weighted by Gasteiger charge is 2.27. The van der Waals surface area contributed by atoms with Gasteiger partial charge in [-0.15, -0.1) is 0 Å². The van der Waals surface area contributed by atoms with E-state index in [0.717, 1.165) is 26.1 Å². The van der Waals surface area contributed by atoms with Gasteiger partial charge in [0.15, 0.2) is 0 Å². The molecular formula is C16H23N3. The molecule has 0 aromatic heterocycles. The number of nitrogens with zero attached hydrogens (tertiary/aromatic N) is 2. The van der Waals surface area contributed by atoms with Crippen molar-refractivity contribution < 1.29 is 0 Å². The fourth-order valence-electron chi connectivity index (χ4n) is 2.65. The molecule has 2 atom stereocenters. The lowest BCUT2D eigenvalue weighted by atomic mass is 9.98. The van der Waals surface area contributed by atoms with Crippen molar-refractivity contribution in [2.24, 2.45) is 0 Å². The molecule has 1 aliphatic heterocycles. The third-order valence-electron chi connectivity index (χ3n) is 4.27. The summed E-state index contributed by atoms with van der Waals surface area (Å²) in [5.74, 6) is 0.657. The first kappa shape index (κ1) is 14.0. The van der Waals surface area contributed by atoms with Gasteiger partial charge in [0.05, 0.1) is 6.07 Å². The van der Waals surface area contributed by atoms with E-state index in [1.165, 1.54) is 12.0 Å². The van der Waals surface area contributed by atoms with E-state index in [4.69, 9.17) is 5.26 Å². The van der Waals surface area contributed by atoms with Crippen LogP contribution in [0.1, 0.15) is 31.2 Å². The molecular weight excluding hydrogens is 234 g/mol. The van der Waals surface area contributed by atoms with Gasteiger partial charge in [-0.25, -0.2) is 0 Å². The number of rotatable bonds is 5. The van der Waals surface area contributed by atoms with Gasteiger partial charge in [-0.05, 0) is 44.8 Å². The lowest BCUT2D eigenvalue weighted by molar-refractivity contribution is 0.293. The van der Waals surface area contributed by atoms with E-state index in [0.29, 0.717) is 5.92 Å². The van der Waals surface area contributed by atoms with Crippen molar-refractivity contribution in [3.8, 4) is 6.07 Å². The molecule has 19 heavy (non-hydrogen) atoms. The molecule has 0 aliphatic carbocycles. The quantitative estimate of drug-likeness (QED) is 0.880. The summed E-state index contributed by atoms with van der Waals surface area (Å²) in [7, 11) is 1.86. The van der Waals surface area contributed by atoms with Crippen LogP contribution in [0.25, 0.3) is 0 Å². The largest absolute Gasteiger partial charge is 0.303 e. The van der Waals surface area contributed by atoms with E-state index in [2.05, 4.69) is 46.6 Å². The van der Waals surface area contributed by atoms with Gasteiger partial charge in [0.25, 0.3) is 0 Å². The van der Waals surface area contributed by atoms with E-state index in [-0.39, 0.29) is 0 Å². The predicted octanol–water partition coefficient (Wildman–Crippen LogP) is 2.37. The summed E-state index contributed by atoms with van der Waals surface area (Å²) in [6.07, 6.45) is 2.11. The van der Waals surface area contributed by atoms with Crippen LogP contribution in [-0.2, 0) is 0 Å². The molecule has 3 heteroatoms. The van der Waals surface area contributed by atoms with Crippen LogP contribution in [0.4, 0.5) is 0 Å². The average molecular weight is 257 g/mol. The zero-order valence-electron chi connectivity index (χ0n) is 11.9. The minimum absolute atomic E-state index is 0.398. The Bertz CT molecular complexity index is 437. The maximum atomic E-state index is 9.16. The van der Waals surface area contributed by atoms with Gasteiger partial charge in [0.1, 0.15) is 5.54 Å². The SMILES string of the molecule is CNC(C)(C#N)CCN1CCC(c2ccccc2)C1. The first-order valence-electron chi connectivity index (χ1n) is 7.04. The van der Waals surface area contributed by atoms with Crippen molar-refractivity contribution in [2.45, 2.75) is 31.2 Å². The normalized spacial score (nSPS) is 22.9. The minimum Gasteiger partial charge on any atom is -0.303 e. The van der Waals surface area contributed by atoms with Gasteiger partial charge in [-0.1, -0.05) is 30.3 Å². The molecule has 3 nitrogen and oxygen atoms in total. The molecule has 1 N–H and O–H groups in total. The molecule has 2 unspecified atom stereocenters. The Balaban J connectivity index is 1.85. The Labute approximate surface area is 116 Å². The van der Waals surface area contributed by atoms with Crippen LogP contribution in [0.3, 0.4) is 0 Å². The average Bonchev–Trinajstić information content (AvgIpc) is 2.95. The topological polar surface area (TPSA) is 39.1 Å². The summed E-state index contributed by atoms with van der Waals surface area (Å²) in [4.78, 5) is 2.48. The summed E-state index contributed by atoms with van der Waals surface area (Å²) in [6.45, 7) is 5.23. The molecule has 2 rings (SSSR count). The zero-order chi connectivity index (χ0) is 13.7. The Morgan fingerprint density at radius 3 is 2.79 bits per heavy atom. The Kier molecular flexibility index (Phi) is 4.57. The third kappa shape index (κ3) is 3.56. The third-order valence-corrected chi connectivity index (χ3v) is 4.27. The van der Waals surface area contributed by atoms with E-state index >= 15 is 0 Å². The molecule has 0 spiro atoms. The molecule has 1 heterocycles. The van der Waals surface area contributed by atoms with Crippen LogP contribution in [0.15, 0.2) is 30.3 Å². The number of nitrogens with one attached hydrogen (secondary N) is 1. The van der Waals surface area contributed by atoms with E-state index in [1.54, 1.807) is 0 Å². The Hall–Kier alpha value is -1.37. The lowest BCUT2D eigenvalue weighted by Crippen LogP contribution is -2.41. The predicted molar refractivity (Wildman–Crippen MR) is 77.9 cm³/mol. The summed E-state index contributed by atoms with van der Waals surface area (Å²) in [6, 6.07) is 13.1. The van der Waals surface area contributed by atoms with Crippen molar-refractivity contribution in [1.82, 2.24) is 10.2 Å². The summed E-state index contributed by atoms with van der Waals surface area (Å²) >= 11 is 0. The van der Waals surface area contributed by atoms with Gasteiger partial charge < -0.3 is 10.2 Å². The maximum Gasteiger partial charge on any atom is 0.104 e. The minimum atomic E-state index is -0.398. The molecule has 0 bridgehead atoms. The molecule has 1 aliphatic rings. The van der Waals surface area contributed by atoms with Crippen molar-refractivity contribution >= 4 is 0 Å². The summed E-state index contributed by atoms with van der Waals surface area (Å²) in [5, 5.41) is 12.3. The van der Waals surface area contributed by atoms with Crippen LogP contribution >= 0.6 is 0 Å². The van der Waals surface area contributed by atoms with Crippen LogP contribution in [0.2, 0.25) is 0 Å². The first-order valence-corrected chi connectivity index (χ1v) is 7.04.